The molecule has 1 aromatic carbocycles. The maximum Gasteiger partial charge on any atom is 0.195 e. The predicted octanol–water partition coefficient (Wildman–Crippen LogP) is -0.826. The Morgan fingerprint density at radius 2 is 1.95 bits per heavy atom. The smallest absolute Gasteiger partial charge is 0.195 e. The lowest BCUT2D eigenvalue weighted by atomic mass is 9.99. The molecule has 0 bridgehead atoms. The van der Waals surface area contributed by atoms with Crippen LogP contribution in [0.5, 0.6) is 5.75 Å². The molecule has 2 rings (SSSR count). The van der Waals surface area contributed by atoms with Crippen LogP contribution in [0.3, 0.4) is 0 Å². The van der Waals surface area contributed by atoms with E-state index in [1.54, 1.807) is 18.2 Å². The van der Waals surface area contributed by atoms with E-state index in [0.717, 1.165) is 5.56 Å². The van der Waals surface area contributed by atoms with E-state index >= 15 is 0 Å². The minimum absolute atomic E-state index is 0.460. The molecule has 0 spiro atoms. The van der Waals surface area contributed by atoms with Gasteiger partial charge in [0.25, 0.3) is 0 Å². The molecule has 0 unspecified atom stereocenters. The normalized spacial score (nSPS) is 35.1. The van der Waals surface area contributed by atoms with E-state index in [2.05, 4.69) is 0 Å². The van der Waals surface area contributed by atoms with Gasteiger partial charge in [-0.05, 0) is 24.6 Å². The van der Waals surface area contributed by atoms with Crippen molar-refractivity contribution >= 4 is 0 Å². The van der Waals surface area contributed by atoms with Crippen molar-refractivity contribution in [1.82, 2.24) is 0 Å². The number of ether oxygens (including phenoxy) is 2. The number of rotatable bonds is 3. The topological polar surface area (TPSA) is 99.4 Å². The molecule has 1 heterocycles. The Morgan fingerprint density at radius 1 is 1.21 bits per heavy atom. The Kier molecular flexibility index (Phi) is 4.38. The molecule has 0 saturated carbocycles. The van der Waals surface area contributed by atoms with Crippen LogP contribution >= 0.6 is 0 Å². The molecule has 6 nitrogen and oxygen atoms in total. The van der Waals surface area contributed by atoms with Gasteiger partial charge >= 0.3 is 0 Å². The van der Waals surface area contributed by atoms with Crippen LogP contribution in [-0.2, 0) is 4.74 Å². The lowest BCUT2D eigenvalue weighted by Gasteiger charge is -2.39. The third kappa shape index (κ3) is 3.05. The van der Waals surface area contributed by atoms with Crippen molar-refractivity contribution in [1.29, 1.82) is 0 Å². The van der Waals surface area contributed by atoms with E-state index in [1.807, 2.05) is 13.0 Å². The van der Waals surface area contributed by atoms with Gasteiger partial charge in [-0.2, -0.15) is 0 Å². The maximum absolute atomic E-state index is 9.91. The van der Waals surface area contributed by atoms with Crippen LogP contribution in [0.4, 0.5) is 0 Å². The average Bonchev–Trinajstić information content (AvgIpc) is 2.39. The third-order valence-corrected chi connectivity index (χ3v) is 3.10. The lowest BCUT2D eigenvalue weighted by molar-refractivity contribution is -0.280. The van der Waals surface area contributed by atoms with Crippen LogP contribution in [0.1, 0.15) is 5.56 Å². The van der Waals surface area contributed by atoms with Gasteiger partial charge in [0.1, 0.15) is 24.1 Å². The second kappa shape index (κ2) is 5.85. The lowest BCUT2D eigenvalue weighted by Crippen LogP contribution is -2.60. The zero-order valence-corrected chi connectivity index (χ0v) is 10.5. The molecular weight excluding hydrogens is 252 g/mol. The van der Waals surface area contributed by atoms with Crippen molar-refractivity contribution in [3.63, 3.8) is 0 Å². The fourth-order valence-electron chi connectivity index (χ4n) is 2.04. The number of aryl methyl sites for hydroxylation is 1. The SMILES string of the molecule is Cc1cccc(O[C@@H]2[C@@H](O)[C@H](O)[C@@H](CO)O[C@@H]2O)c1. The molecule has 0 radical (unpaired) electrons. The molecule has 0 aliphatic carbocycles. The second-order valence-electron chi connectivity index (χ2n) is 4.63. The molecule has 6 heteroatoms. The molecule has 19 heavy (non-hydrogen) atoms. The average molecular weight is 270 g/mol. The first-order chi connectivity index (χ1) is 9.02. The fourth-order valence-corrected chi connectivity index (χ4v) is 2.04. The summed E-state index contributed by atoms with van der Waals surface area (Å²) in [5.41, 5.74) is 0.965. The molecule has 106 valence electrons. The van der Waals surface area contributed by atoms with Crippen LogP contribution in [0, 0.1) is 6.92 Å². The summed E-state index contributed by atoms with van der Waals surface area (Å²) < 4.78 is 10.5. The molecule has 5 atom stereocenters. The molecule has 0 amide bonds. The number of benzene rings is 1. The minimum atomic E-state index is -1.42. The highest BCUT2D eigenvalue weighted by molar-refractivity contribution is 5.27. The quantitative estimate of drug-likeness (QED) is 0.572. The number of hydrogen-bond acceptors (Lipinski definition) is 6. The summed E-state index contributed by atoms with van der Waals surface area (Å²) in [7, 11) is 0. The van der Waals surface area contributed by atoms with E-state index < -0.39 is 37.3 Å². The maximum atomic E-state index is 9.91. The zero-order valence-electron chi connectivity index (χ0n) is 10.5. The van der Waals surface area contributed by atoms with Gasteiger partial charge in [0.15, 0.2) is 12.4 Å². The summed E-state index contributed by atoms with van der Waals surface area (Å²) in [6.45, 7) is 1.39. The zero-order chi connectivity index (χ0) is 14.0. The highest BCUT2D eigenvalue weighted by Crippen LogP contribution is 2.24. The Hall–Kier alpha value is -1.18. The molecular formula is C13H18O6. The van der Waals surface area contributed by atoms with Crippen molar-refractivity contribution in [2.75, 3.05) is 6.61 Å². The summed E-state index contributed by atoms with van der Waals surface area (Å²) >= 11 is 0. The summed E-state index contributed by atoms with van der Waals surface area (Å²) in [4.78, 5) is 0. The predicted molar refractivity (Wildman–Crippen MR) is 65.6 cm³/mol. The first kappa shape index (κ1) is 14.2. The molecule has 1 aliphatic rings. The standard InChI is InChI=1S/C13H18O6/c1-7-3-2-4-8(5-7)18-12-11(16)10(15)9(6-14)19-13(12)17/h2-5,9-17H,6H2,1H3/t9-,10-,11+,12-,13+/m1/s1. The first-order valence-electron chi connectivity index (χ1n) is 6.07. The second-order valence-corrected chi connectivity index (χ2v) is 4.63. The fraction of sp³-hybridized carbons (Fsp3) is 0.538. The van der Waals surface area contributed by atoms with Crippen molar-refractivity contribution in [2.24, 2.45) is 0 Å². The van der Waals surface area contributed by atoms with Crippen LogP contribution in [0.15, 0.2) is 24.3 Å². The van der Waals surface area contributed by atoms with E-state index in [0.29, 0.717) is 5.75 Å². The molecule has 0 aromatic heterocycles. The largest absolute Gasteiger partial charge is 0.482 e. The van der Waals surface area contributed by atoms with Crippen LogP contribution in [-0.4, -0.2) is 57.7 Å². The van der Waals surface area contributed by atoms with E-state index in [9.17, 15) is 15.3 Å². The first-order valence-corrected chi connectivity index (χ1v) is 6.07. The number of aliphatic hydroxyl groups excluding tert-OH is 4. The van der Waals surface area contributed by atoms with E-state index in [4.69, 9.17) is 14.6 Å². The van der Waals surface area contributed by atoms with Crippen molar-refractivity contribution in [3.8, 4) is 5.75 Å². The molecule has 1 saturated heterocycles. The van der Waals surface area contributed by atoms with Gasteiger partial charge in [-0.3, -0.25) is 0 Å². The van der Waals surface area contributed by atoms with Crippen molar-refractivity contribution in [3.05, 3.63) is 29.8 Å². The van der Waals surface area contributed by atoms with E-state index in [1.165, 1.54) is 0 Å². The molecule has 4 N–H and O–H groups in total. The number of hydrogen-bond donors (Lipinski definition) is 4. The van der Waals surface area contributed by atoms with Gasteiger partial charge in [0.2, 0.25) is 0 Å². The van der Waals surface area contributed by atoms with Gasteiger partial charge in [-0.1, -0.05) is 12.1 Å². The Balaban J connectivity index is 2.11. The molecule has 1 aromatic rings. The highest BCUT2D eigenvalue weighted by Gasteiger charge is 2.45. The molecule has 1 aliphatic heterocycles. The minimum Gasteiger partial charge on any atom is -0.482 e. The third-order valence-electron chi connectivity index (χ3n) is 3.10. The summed E-state index contributed by atoms with van der Waals surface area (Å²) in [6, 6.07) is 7.08. The van der Waals surface area contributed by atoms with E-state index in [-0.39, 0.29) is 0 Å². The Bertz CT molecular complexity index is 423. The van der Waals surface area contributed by atoms with Gasteiger partial charge in [-0.25, -0.2) is 0 Å². The van der Waals surface area contributed by atoms with Gasteiger partial charge in [0, 0.05) is 0 Å². The van der Waals surface area contributed by atoms with Crippen LogP contribution in [0.2, 0.25) is 0 Å². The monoisotopic (exact) mass is 270 g/mol. The van der Waals surface area contributed by atoms with Crippen LogP contribution < -0.4 is 4.74 Å². The van der Waals surface area contributed by atoms with Crippen LogP contribution in [0.25, 0.3) is 0 Å². The van der Waals surface area contributed by atoms with Gasteiger partial charge < -0.3 is 29.9 Å². The Morgan fingerprint density at radius 3 is 2.58 bits per heavy atom. The summed E-state index contributed by atoms with van der Waals surface area (Å²) in [5, 5.41) is 38.4. The Labute approximate surface area is 110 Å². The molecule has 1 fully saturated rings. The summed E-state index contributed by atoms with van der Waals surface area (Å²) in [6.07, 6.45) is -6.22. The van der Waals surface area contributed by atoms with Gasteiger partial charge in [-0.15, -0.1) is 0 Å². The number of aliphatic hydroxyl groups is 4. The van der Waals surface area contributed by atoms with Crippen molar-refractivity contribution in [2.45, 2.75) is 37.6 Å². The van der Waals surface area contributed by atoms with Gasteiger partial charge in [0.05, 0.1) is 6.61 Å². The highest BCUT2D eigenvalue weighted by atomic mass is 16.7. The van der Waals surface area contributed by atoms with Crippen molar-refractivity contribution < 1.29 is 29.9 Å². The summed E-state index contributed by atoms with van der Waals surface area (Å²) in [5.74, 6) is 0.460.